The monoisotopic (exact) mass is 419 g/mol. The molecule has 0 bridgehead atoms. The van der Waals surface area contributed by atoms with Crippen molar-refractivity contribution in [3.63, 3.8) is 0 Å². The van der Waals surface area contributed by atoms with Crippen LogP contribution < -0.4 is 15.5 Å². The third-order valence-corrected chi connectivity index (χ3v) is 6.84. The van der Waals surface area contributed by atoms with E-state index >= 15 is 0 Å². The largest absolute Gasteiger partial charge is 0.345 e. The van der Waals surface area contributed by atoms with Crippen LogP contribution in [0.3, 0.4) is 0 Å². The second-order valence-electron chi connectivity index (χ2n) is 6.65. The van der Waals surface area contributed by atoms with Gasteiger partial charge in [0.15, 0.2) is 0 Å². The molecule has 1 aromatic heterocycles. The number of aryl methyl sites for hydroxylation is 1. The van der Waals surface area contributed by atoms with Gasteiger partial charge in [0, 0.05) is 50.8 Å². The number of carbonyl (C=O) groups is 2. The standard InChI is InChI=1S/C19H25N5O4S/c1-4-23(5-2)29(27,28)16-12-17(22(3)13-16)18(25)21-14-7-6-8-15(11-14)24-10-9-20-19(24)26/h6-8,11-13H,4-5,9-10H2,1-3H3,(H,20,26)(H,21,25). The van der Waals surface area contributed by atoms with Crippen LogP contribution in [-0.2, 0) is 17.1 Å². The molecule has 0 unspecified atom stereocenters. The normalized spacial score (nSPS) is 14.3. The molecule has 3 amide bonds. The lowest BCUT2D eigenvalue weighted by Crippen LogP contribution is -2.30. The zero-order valence-corrected chi connectivity index (χ0v) is 17.5. The molecule has 0 atom stereocenters. The van der Waals surface area contributed by atoms with Gasteiger partial charge in [-0.05, 0) is 24.3 Å². The van der Waals surface area contributed by atoms with Gasteiger partial charge in [0.25, 0.3) is 5.91 Å². The average molecular weight is 420 g/mol. The first-order chi connectivity index (χ1) is 13.8. The minimum Gasteiger partial charge on any atom is -0.345 e. The molecular weight excluding hydrogens is 394 g/mol. The van der Waals surface area contributed by atoms with Crippen LogP contribution in [0.2, 0.25) is 0 Å². The number of rotatable bonds is 7. The zero-order valence-electron chi connectivity index (χ0n) is 16.7. The van der Waals surface area contributed by atoms with Gasteiger partial charge in [-0.15, -0.1) is 0 Å². The Bertz CT molecular complexity index is 1030. The van der Waals surface area contributed by atoms with Crippen LogP contribution in [0.15, 0.2) is 41.4 Å². The van der Waals surface area contributed by atoms with Crippen molar-refractivity contribution in [2.24, 2.45) is 7.05 Å². The first-order valence-corrected chi connectivity index (χ1v) is 10.8. The Balaban J connectivity index is 1.82. The molecule has 0 aliphatic carbocycles. The van der Waals surface area contributed by atoms with E-state index in [-0.39, 0.29) is 16.6 Å². The van der Waals surface area contributed by atoms with E-state index in [1.54, 1.807) is 50.1 Å². The number of carbonyl (C=O) groups excluding carboxylic acids is 2. The van der Waals surface area contributed by atoms with E-state index in [1.165, 1.54) is 21.1 Å². The lowest BCUT2D eigenvalue weighted by molar-refractivity contribution is 0.101. The highest BCUT2D eigenvalue weighted by atomic mass is 32.2. The van der Waals surface area contributed by atoms with Gasteiger partial charge in [-0.2, -0.15) is 4.31 Å². The van der Waals surface area contributed by atoms with Crippen molar-refractivity contribution >= 4 is 33.3 Å². The van der Waals surface area contributed by atoms with Crippen molar-refractivity contribution in [2.45, 2.75) is 18.7 Å². The van der Waals surface area contributed by atoms with Crippen LogP contribution in [0.25, 0.3) is 0 Å². The molecule has 2 aromatic rings. The number of nitrogens with zero attached hydrogens (tertiary/aromatic N) is 3. The molecule has 2 heterocycles. The van der Waals surface area contributed by atoms with Crippen LogP contribution in [0.4, 0.5) is 16.2 Å². The minimum absolute atomic E-state index is 0.0799. The predicted octanol–water partition coefficient (Wildman–Crippen LogP) is 1.84. The molecule has 2 N–H and O–H groups in total. The summed E-state index contributed by atoms with van der Waals surface area (Å²) >= 11 is 0. The number of nitrogens with one attached hydrogen (secondary N) is 2. The molecule has 156 valence electrons. The SMILES string of the molecule is CCN(CC)S(=O)(=O)c1cc(C(=O)Nc2cccc(N3CCNC3=O)c2)n(C)c1. The number of hydrogen-bond donors (Lipinski definition) is 2. The number of amides is 3. The Morgan fingerprint density at radius 3 is 2.59 bits per heavy atom. The summed E-state index contributed by atoms with van der Waals surface area (Å²) in [6, 6.07) is 8.16. The third-order valence-electron chi connectivity index (χ3n) is 4.83. The van der Waals surface area contributed by atoms with Gasteiger partial charge < -0.3 is 15.2 Å². The summed E-state index contributed by atoms with van der Waals surface area (Å²) in [6.45, 7) is 5.37. The van der Waals surface area contributed by atoms with Crippen LogP contribution in [-0.4, -0.2) is 55.4 Å². The summed E-state index contributed by atoms with van der Waals surface area (Å²) in [5, 5.41) is 5.51. The summed E-state index contributed by atoms with van der Waals surface area (Å²) in [6.07, 6.45) is 1.44. The number of sulfonamides is 1. The van der Waals surface area contributed by atoms with Crippen molar-refractivity contribution in [1.29, 1.82) is 0 Å². The highest BCUT2D eigenvalue weighted by molar-refractivity contribution is 7.89. The van der Waals surface area contributed by atoms with E-state index in [0.717, 1.165) is 0 Å². The van der Waals surface area contributed by atoms with Crippen LogP contribution in [0.5, 0.6) is 0 Å². The van der Waals surface area contributed by atoms with Gasteiger partial charge >= 0.3 is 6.03 Å². The average Bonchev–Trinajstić information content (AvgIpc) is 3.29. The van der Waals surface area contributed by atoms with Gasteiger partial charge in [0.1, 0.15) is 10.6 Å². The Hall–Kier alpha value is -2.85. The molecule has 1 saturated heterocycles. The Labute approximate surface area is 170 Å². The van der Waals surface area contributed by atoms with E-state index in [4.69, 9.17) is 0 Å². The molecule has 9 nitrogen and oxygen atoms in total. The molecular formula is C19H25N5O4S. The number of anilines is 2. The van der Waals surface area contributed by atoms with Gasteiger partial charge in [0.05, 0.1) is 0 Å². The lowest BCUT2D eigenvalue weighted by atomic mass is 10.2. The number of hydrogen-bond acceptors (Lipinski definition) is 4. The van der Waals surface area contributed by atoms with Gasteiger partial charge in [-0.3, -0.25) is 9.69 Å². The maximum absolute atomic E-state index is 12.7. The third kappa shape index (κ3) is 4.13. The second-order valence-corrected chi connectivity index (χ2v) is 8.59. The fourth-order valence-corrected chi connectivity index (χ4v) is 4.81. The number of aromatic nitrogens is 1. The smallest absolute Gasteiger partial charge is 0.321 e. The summed E-state index contributed by atoms with van der Waals surface area (Å²) < 4.78 is 28.2. The molecule has 0 spiro atoms. The topological polar surface area (TPSA) is 104 Å². The van der Waals surface area contributed by atoms with Crippen molar-refractivity contribution in [3.8, 4) is 0 Å². The van der Waals surface area contributed by atoms with Crippen molar-refractivity contribution in [2.75, 3.05) is 36.4 Å². The van der Waals surface area contributed by atoms with Gasteiger partial charge in [-0.25, -0.2) is 13.2 Å². The Kier molecular flexibility index (Phi) is 5.94. The lowest BCUT2D eigenvalue weighted by Gasteiger charge is -2.17. The van der Waals surface area contributed by atoms with Crippen LogP contribution in [0, 0.1) is 0 Å². The number of urea groups is 1. The van der Waals surface area contributed by atoms with Crippen molar-refractivity contribution < 1.29 is 18.0 Å². The molecule has 1 aliphatic rings. The predicted molar refractivity (Wildman–Crippen MR) is 111 cm³/mol. The summed E-state index contributed by atoms with van der Waals surface area (Å²) in [4.78, 5) is 26.3. The molecule has 10 heteroatoms. The summed E-state index contributed by atoms with van der Waals surface area (Å²) in [7, 11) is -2.03. The van der Waals surface area contributed by atoms with Gasteiger partial charge in [-0.1, -0.05) is 19.9 Å². The van der Waals surface area contributed by atoms with E-state index < -0.39 is 15.9 Å². The molecule has 0 saturated carbocycles. The molecule has 1 fully saturated rings. The molecule has 0 radical (unpaired) electrons. The van der Waals surface area contributed by atoms with E-state index in [1.807, 2.05) is 0 Å². The first-order valence-electron chi connectivity index (χ1n) is 9.41. The van der Waals surface area contributed by atoms with Crippen molar-refractivity contribution in [3.05, 3.63) is 42.2 Å². The van der Waals surface area contributed by atoms with E-state index in [9.17, 15) is 18.0 Å². The zero-order chi connectivity index (χ0) is 21.2. The van der Waals surface area contributed by atoms with Crippen LogP contribution >= 0.6 is 0 Å². The van der Waals surface area contributed by atoms with E-state index in [2.05, 4.69) is 10.6 Å². The first kappa shape index (κ1) is 20.9. The fraction of sp³-hybridized carbons (Fsp3) is 0.368. The van der Waals surface area contributed by atoms with Gasteiger partial charge in [0.2, 0.25) is 10.0 Å². The summed E-state index contributed by atoms with van der Waals surface area (Å²) in [5.41, 5.74) is 1.41. The second kappa shape index (κ2) is 8.26. The highest BCUT2D eigenvalue weighted by Gasteiger charge is 2.26. The molecule has 3 rings (SSSR count). The minimum atomic E-state index is -3.65. The van der Waals surface area contributed by atoms with Crippen molar-refractivity contribution in [1.82, 2.24) is 14.2 Å². The van der Waals surface area contributed by atoms with E-state index in [0.29, 0.717) is 37.6 Å². The van der Waals surface area contributed by atoms with Crippen LogP contribution in [0.1, 0.15) is 24.3 Å². The maximum atomic E-state index is 12.7. The molecule has 29 heavy (non-hydrogen) atoms. The highest BCUT2D eigenvalue weighted by Crippen LogP contribution is 2.23. The molecule has 1 aliphatic heterocycles. The summed E-state index contributed by atoms with van der Waals surface area (Å²) in [5.74, 6) is -0.434. The number of benzene rings is 1. The fourth-order valence-electron chi connectivity index (χ4n) is 3.28. The molecule has 1 aromatic carbocycles. The maximum Gasteiger partial charge on any atom is 0.321 e. The Morgan fingerprint density at radius 1 is 1.24 bits per heavy atom. The Morgan fingerprint density at radius 2 is 1.97 bits per heavy atom. The quantitative estimate of drug-likeness (QED) is 0.715.